The normalized spacial score (nSPS) is 14.2. The van der Waals surface area contributed by atoms with Gasteiger partial charge in [0.1, 0.15) is 0 Å². The maximum absolute atomic E-state index is 5.91. The Morgan fingerprint density at radius 1 is 1.00 bits per heavy atom. The molecule has 0 saturated carbocycles. The highest BCUT2D eigenvalue weighted by atomic mass is 16.5. The van der Waals surface area contributed by atoms with Crippen LogP contribution in [0.5, 0.6) is 0 Å². The second kappa shape index (κ2) is 10.8. The van der Waals surface area contributed by atoms with E-state index in [0.717, 1.165) is 26.0 Å². The smallest absolute Gasteiger partial charge is 0.0742 e. The zero-order valence-electron chi connectivity index (χ0n) is 13.1. The average molecular weight is 279 g/mol. The van der Waals surface area contributed by atoms with E-state index < -0.39 is 0 Å². The first-order valence-corrected chi connectivity index (χ1v) is 7.77. The van der Waals surface area contributed by atoms with E-state index >= 15 is 0 Å². The highest BCUT2D eigenvalue weighted by Gasteiger charge is 2.18. The molecule has 114 valence electrons. The van der Waals surface area contributed by atoms with Crippen molar-refractivity contribution in [3.63, 3.8) is 0 Å². The molecule has 0 aliphatic carbocycles. The van der Waals surface area contributed by atoms with Crippen molar-refractivity contribution in [1.82, 2.24) is 5.32 Å². The van der Waals surface area contributed by atoms with E-state index in [4.69, 9.17) is 9.47 Å². The van der Waals surface area contributed by atoms with Gasteiger partial charge in [0.15, 0.2) is 0 Å². The van der Waals surface area contributed by atoms with E-state index in [9.17, 15) is 0 Å². The molecular formula is C17H29NO2. The summed E-state index contributed by atoms with van der Waals surface area (Å²) in [6, 6.07) is 10.7. The molecule has 2 unspecified atom stereocenters. The predicted octanol–water partition coefficient (Wildman–Crippen LogP) is 3.56. The van der Waals surface area contributed by atoms with Gasteiger partial charge in [0, 0.05) is 6.61 Å². The quantitative estimate of drug-likeness (QED) is 0.628. The maximum Gasteiger partial charge on any atom is 0.0742 e. The van der Waals surface area contributed by atoms with Crippen molar-refractivity contribution in [2.45, 2.75) is 45.8 Å². The highest BCUT2D eigenvalue weighted by Crippen LogP contribution is 2.19. The molecule has 1 aromatic carbocycles. The van der Waals surface area contributed by atoms with Gasteiger partial charge < -0.3 is 14.8 Å². The molecule has 20 heavy (non-hydrogen) atoms. The van der Waals surface area contributed by atoms with E-state index in [0.29, 0.717) is 13.2 Å². The number of benzene rings is 1. The summed E-state index contributed by atoms with van der Waals surface area (Å²) in [6.07, 6.45) is 2.31. The van der Waals surface area contributed by atoms with E-state index in [-0.39, 0.29) is 12.1 Å². The number of rotatable bonds is 11. The standard InChI is InChI=1S/C17H29NO2/c1-4-11-18-17(16-9-7-6-8-10-16)15(3)20-14-13-19-12-5-2/h6-10,15,17-18H,4-5,11-14H2,1-3H3. The molecule has 3 nitrogen and oxygen atoms in total. The molecule has 1 N–H and O–H groups in total. The SMILES string of the molecule is CCCNC(c1ccccc1)C(C)OCCOCCC. The number of ether oxygens (including phenoxy) is 2. The van der Waals surface area contributed by atoms with Crippen molar-refractivity contribution in [3.8, 4) is 0 Å². The summed E-state index contributed by atoms with van der Waals surface area (Å²) in [5.41, 5.74) is 1.28. The summed E-state index contributed by atoms with van der Waals surface area (Å²) in [4.78, 5) is 0. The minimum atomic E-state index is 0.133. The minimum Gasteiger partial charge on any atom is -0.379 e. The van der Waals surface area contributed by atoms with Crippen molar-refractivity contribution in [3.05, 3.63) is 35.9 Å². The van der Waals surface area contributed by atoms with Gasteiger partial charge in [0.25, 0.3) is 0 Å². The van der Waals surface area contributed by atoms with Crippen LogP contribution in [0.15, 0.2) is 30.3 Å². The van der Waals surface area contributed by atoms with Crippen LogP contribution < -0.4 is 5.32 Å². The summed E-state index contributed by atoms with van der Waals surface area (Å²) >= 11 is 0. The van der Waals surface area contributed by atoms with Crippen LogP contribution in [0.4, 0.5) is 0 Å². The molecular weight excluding hydrogens is 250 g/mol. The van der Waals surface area contributed by atoms with Gasteiger partial charge in [-0.05, 0) is 31.9 Å². The third-order valence-electron chi connectivity index (χ3n) is 3.20. The molecule has 1 rings (SSSR count). The zero-order chi connectivity index (χ0) is 14.6. The molecule has 0 aliphatic rings. The van der Waals surface area contributed by atoms with Crippen LogP contribution in [0.25, 0.3) is 0 Å². The van der Waals surface area contributed by atoms with Crippen molar-refractivity contribution in [2.24, 2.45) is 0 Å². The first kappa shape index (κ1) is 17.2. The van der Waals surface area contributed by atoms with Crippen LogP contribution in [0.1, 0.15) is 45.2 Å². The minimum absolute atomic E-state index is 0.133. The van der Waals surface area contributed by atoms with Crippen molar-refractivity contribution in [1.29, 1.82) is 0 Å². The summed E-state index contributed by atoms with van der Waals surface area (Å²) in [7, 11) is 0. The van der Waals surface area contributed by atoms with E-state index in [1.807, 2.05) is 6.07 Å². The fourth-order valence-electron chi connectivity index (χ4n) is 2.15. The second-order valence-electron chi connectivity index (χ2n) is 5.03. The molecule has 0 aliphatic heterocycles. The molecule has 0 spiro atoms. The van der Waals surface area contributed by atoms with Crippen LogP contribution in [-0.4, -0.2) is 32.5 Å². The molecule has 0 saturated heterocycles. The number of nitrogens with one attached hydrogen (secondary N) is 1. The van der Waals surface area contributed by atoms with Crippen LogP contribution in [0, 0.1) is 0 Å². The molecule has 0 aromatic heterocycles. The van der Waals surface area contributed by atoms with Gasteiger partial charge in [0.2, 0.25) is 0 Å². The van der Waals surface area contributed by atoms with E-state index in [2.05, 4.69) is 50.4 Å². The fourth-order valence-corrected chi connectivity index (χ4v) is 2.15. The summed E-state index contributed by atoms with van der Waals surface area (Å²) < 4.78 is 11.4. The summed E-state index contributed by atoms with van der Waals surface area (Å²) in [5.74, 6) is 0. The topological polar surface area (TPSA) is 30.5 Å². The number of hydrogen-bond donors (Lipinski definition) is 1. The van der Waals surface area contributed by atoms with Crippen LogP contribution in [-0.2, 0) is 9.47 Å². The third kappa shape index (κ3) is 6.51. The van der Waals surface area contributed by atoms with Gasteiger partial charge in [-0.1, -0.05) is 44.2 Å². The molecule has 3 heteroatoms. The van der Waals surface area contributed by atoms with E-state index in [1.54, 1.807) is 0 Å². The lowest BCUT2D eigenvalue weighted by atomic mass is 10.0. The monoisotopic (exact) mass is 279 g/mol. The largest absolute Gasteiger partial charge is 0.379 e. The Kier molecular flexibility index (Phi) is 9.29. The molecule has 2 atom stereocenters. The van der Waals surface area contributed by atoms with Crippen molar-refractivity contribution in [2.75, 3.05) is 26.4 Å². The van der Waals surface area contributed by atoms with Crippen LogP contribution in [0.2, 0.25) is 0 Å². The molecule has 0 heterocycles. The van der Waals surface area contributed by atoms with Crippen LogP contribution in [0.3, 0.4) is 0 Å². The lowest BCUT2D eigenvalue weighted by molar-refractivity contribution is -0.00344. The Morgan fingerprint density at radius 3 is 2.40 bits per heavy atom. The lowest BCUT2D eigenvalue weighted by Gasteiger charge is -2.26. The zero-order valence-corrected chi connectivity index (χ0v) is 13.1. The van der Waals surface area contributed by atoms with Gasteiger partial charge in [-0.15, -0.1) is 0 Å². The Labute approximate surface area is 123 Å². The summed E-state index contributed by atoms with van der Waals surface area (Å²) in [6.45, 7) is 9.56. The van der Waals surface area contributed by atoms with Gasteiger partial charge in [-0.25, -0.2) is 0 Å². The first-order valence-electron chi connectivity index (χ1n) is 7.77. The Balaban J connectivity index is 2.46. The lowest BCUT2D eigenvalue weighted by Crippen LogP contribution is -2.33. The molecule has 0 fully saturated rings. The number of hydrogen-bond acceptors (Lipinski definition) is 3. The van der Waals surface area contributed by atoms with Crippen molar-refractivity contribution >= 4 is 0 Å². The van der Waals surface area contributed by atoms with Gasteiger partial charge in [-0.3, -0.25) is 0 Å². The van der Waals surface area contributed by atoms with Crippen molar-refractivity contribution < 1.29 is 9.47 Å². The van der Waals surface area contributed by atoms with Crippen LogP contribution >= 0.6 is 0 Å². The Morgan fingerprint density at radius 2 is 1.75 bits per heavy atom. The fraction of sp³-hybridized carbons (Fsp3) is 0.647. The maximum atomic E-state index is 5.91. The van der Waals surface area contributed by atoms with Gasteiger partial charge in [0.05, 0.1) is 25.4 Å². The highest BCUT2D eigenvalue weighted by molar-refractivity contribution is 5.19. The second-order valence-corrected chi connectivity index (χ2v) is 5.03. The molecule has 0 bridgehead atoms. The Hall–Kier alpha value is -0.900. The predicted molar refractivity (Wildman–Crippen MR) is 84.0 cm³/mol. The Bertz CT molecular complexity index is 329. The third-order valence-corrected chi connectivity index (χ3v) is 3.20. The first-order chi connectivity index (χ1) is 9.79. The molecule has 0 radical (unpaired) electrons. The van der Waals surface area contributed by atoms with E-state index in [1.165, 1.54) is 5.56 Å². The summed E-state index contributed by atoms with van der Waals surface area (Å²) in [5, 5.41) is 3.57. The van der Waals surface area contributed by atoms with Gasteiger partial charge in [-0.2, -0.15) is 0 Å². The van der Waals surface area contributed by atoms with Gasteiger partial charge >= 0.3 is 0 Å². The average Bonchev–Trinajstić information content (AvgIpc) is 2.48. The molecule has 0 amide bonds. The molecule has 1 aromatic rings.